The molecule has 0 bridgehead atoms. The summed E-state index contributed by atoms with van der Waals surface area (Å²) in [4.78, 5) is 31.9. The number of carbonyl (C=O) groups is 2. The summed E-state index contributed by atoms with van der Waals surface area (Å²) in [5, 5.41) is 18.7. The first-order valence-corrected chi connectivity index (χ1v) is 9.04. The van der Waals surface area contributed by atoms with E-state index in [1.807, 2.05) is 0 Å². The predicted molar refractivity (Wildman–Crippen MR) is 94.4 cm³/mol. The van der Waals surface area contributed by atoms with Crippen LogP contribution in [0.5, 0.6) is 0 Å². The molecule has 1 aromatic carbocycles. The summed E-state index contributed by atoms with van der Waals surface area (Å²) >= 11 is 0. The largest absolute Gasteiger partial charge is 0.477 e. The highest BCUT2D eigenvalue weighted by molar-refractivity contribution is 7.92. The van der Waals surface area contributed by atoms with Crippen LogP contribution in [-0.2, 0) is 19.6 Å². The monoisotopic (exact) mass is 380 g/mol. The summed E-state index contributed by atoms with van der Waals surface area (Å²) < 4.78 is 25.2. The van der Waals surface area contributed by atoms with E-state index in [-0.39, 0.29) is 17.2 Å². The fourth-order valence-corrected chi connectivity index (χ4v) is 2.87. The third kappa shape index (κ3) is 4.06. The van der Waals surface area contributed by atoms with E-state index in [9.17, 15) is 18.0 Å². The Morgan fingerprint density at radius 1 is 1.15 bits per heavy atom. The van der Waals surface area contributed by atoms with E-state index in [4.69, 9.17) is 10.2 Å². The third-order valence-electron chi connectivity index (χ3n) is 3.53. The van der Waals surface area contributed by atoms with Crippen LogP contribution < -0.4 is 9.62 Å². The molecule has 0 aliphatic rings. The average Bonchev–Trinajstić information content (AvgIpc) is 2.51. The van der Waals surface area contributed by atoms with Crippen molar-refractivity contribution in [2.45, 2.75) is 6.92 Å². The maximum absolute atomic E-state index is 11.4. The maximum Gasteiger partial charge on any atom is 0.344 e. The molecule has 11 heteroatoms. The van der Waals surface area contributed by atoms with Crippen molar-refractivity contribution in [2.75, 3.05) is 22.9 Å². The second-order valence-electron chi connectivity index (χ2n) is 5.43. The molecule has 2 aromatic rings. The van der Waals surface area contributed by atoms with Crippen molar-refractivity contribution in [3.05, 3.63) is 35.8 Å². The van der Waals surface area contributed by atoms with Gasteiger partial charge in [-0.1, -0.05) is 0 Å². The molecule has 1 heterocycles. The lowest BCUT2D eigenvalue weighted by atomic mass is 10.1. The van der Waals surface area contributed by atoms with E-state index in [1.54, 1.807) is 6.07 Å². The van der Waals surface area contributed by atoms with Gasteiger partial charge >= 0.3 is 11.9 Å². The van der Waals surface area contributed by atoms with Crippen LogP contribution in [0, 0.1) is 0 Å². The zero-order valence-electron chi connectivity index (χ0n) is 14.1. The summed E-state index contributed by atoms with van der Waals surface area (Å²) in [6.07, 6.45) is 2.25. The number of fused-ring (bicyclic) bond motifs is 1. The first-order chi connectivity index (χ1) is 12.0. The summed E-state index contributed by atoms with van der Waals surface area (Å²) in [5.74, 6) is -2.94. The minimum atomic E-state index is -3.50. The minimum Gasteiger partial charge on any atom is -0.477 e. The van der Waals surface area contributed by atoms with Crippen molar-refractivity contribution < 1.29 is 28.2 Å². The second-order valence-corrected chi connectivity index (χ2v) is 7.18. The van der Waals surface area contributed by atoms with E-state index in [2.05, 4.69) is 14.7 Å². The number of hydrogen-bond donors (Lipinski definition) is 3. The normalized spacial score (nSPS) is 11.0. The highest BCUT2D eigenvalue weighted by Gasteiger charge is 2.23. The number of hydrogen-bond acceptors (Lipinski definition) is 7. The Balaban J connectivity index is 2.65. The van der Waals surface area contributed by atoms with Crippen LogP contribution in [0.1, 0.15) is 6.92 Å². The van der Waals surface area contributed by atoms with E-state index < -0.39 is 27.5 Å². The number of aromatic nitrogens is 2. The lowest BCUT2D eigenvalue weighted by Gasteiger charge is -2.21. The molecule has 0 unspecified atom stereocenters. The van der Waals surface area contributed by atoms with Crippen LogP contribution in [0.15, 0.2) is 35.8 Å². The van der Waals surface area contributed by atoms with E-state index in [0.29, 0.717) is 10.9 Å². The molecular formula is C15H16N4O6S. The van der Waals surface area contributed by atoms with Crippen molar-refractivity contribution in [1.82, 2.24) is 9.97 Å². The fraction of sp³-hybridized carbons (Fsp3) is 0.200. The number of benzene rings is 1. The third-order valence-corrected chi connectivity index (χ3v) is 4.13. The zero-order chi connectivity index (χ0) is 19.6. The van der Waals surface area contributed by atoms with Crippen LogP contribution in [0.3, 0.4) is 0 Å². The molecule has 0 aliphatic heterocycles. The van der Waals surface area contributed by atoms with E-state index in [0.717, 1.165) is 6.26 Å². The van der Waals surface area contributed by atoms with Gasteiger partial charge in [0.15, 0.2) is 5.57 Å². The number of carboxylic acid groups (broad SMARTS) is 2. The highest BCUT2D eigenvalue weighted by Crippen LogP contribution is 2.28. The Labute approximate surface area is 148 Å². The van der Waals surface area contributed by atoms with Gasteiger partial charge < -0.3 is 15.1 Å². The lowest BCUT2D eigenvalue weighted by molar-refractivity contribution is -0.140. The quantitative estimate of drug-likeness (QED) is 0.377. The predicted octanol–water partition coefficient (Wildman–Crippen LogP) is 0.881. The number of nitrogens with one attached hydrogen (secondary N) is 1. The SMILES string of the molecule is CC(=C(C(=O)O)C(=O)O)N(C)c1ncnc2ccc(NS(C)(=O)=O)cc12. The van der Waals surface area contributed by atoms with Crippen LogP contribution in [0.2, 0.25) is 0 Å². The van der Waals surface area contributed by atoms with Gasteiger partial charge in [0.1, 0.15) is 12.1 Å². The average molecular weight is 380 g/mol. The number of nitrogens with zero attached hydrogens (tertiary/aromatic N) is 3. The summed E-state index contributed by atoms with van der Waals surface area (Å²) in [7, 11) is -2.04. The maximum atomic E-state index is 11.4. The Morgan fingerprint density at radius 2 is 1.77 bits per heavy atom. The zero-order valence-corrected chi connectivity index (χ0v) is 14.9. The van der Waals surface area contributed by atoms with E-state index in [1.165, 1.54) is 37.3 Å². The standard InChI is InChI=1S/C15H16N4O6S/c1-8(12(14(20)21)15(22)23)19(2)13-10-6-9(18-26(3,24)25)4-5-11(10)16-7-17-13/h4-7,18H,1-3H3,(H,20,21)(H,22,23). The highest BCUT2D eigenvalue weighted by atomic mass is 32.2. The van der Waals surface area contributed by atoms with Gasteiger partial charge in [-0.25, -0.2) is 28.0 Å². The molecule has 10 nitrogen and oxygen atoms in total. The number of allylic oxidation sites excluding steroid dienone is 1. The smallest absolute Gasteiger partial charge is 0.344 e. The van der Waals surface area contributed by atoms with E-state index >= 15 is 0 Å². The number of sulfonamides is 1. The van der Waals surface area contributed by atoms with Crippen molar-refractivity contribution in [1.29, 1.82) is 0 Å². The Kier molecular flexibility index (Phi) is 5.12. The van der Waals surface area contributed by atoms with Gasteiger partial charge in [-0.2, -0.15) is 0 Å². The number of aliphatic carboxylic acids is 2. The molecule has 26 heavy (non-hydrogen) atoms. The summed E-state index contributed by atoms with van der Waals surface area (Å²) in [6.45, 7) is 1.34. The first kappa shape index (κ1) is 19.1. The number of carboxylic acids is 2. The molecule has 0 fully saturated rings. The van der Waals surface area contributed by atoms with Crippen LogP contribution in [0.4, 0.5) is 11.5 Å². The van der Waals surface area contributed by atoms with Gasteiger partial charge in [0.25, 0.3) is 0 Å². The molecule has 0 saturated heterocycles. The number of anilines is 2. The van der Waals surface area contributed by atoms with Gasteiger partial charge in [0, 0.05) is 23.8 Å². The van der Waals surface area contributed by atoms with Gasteiger partial charge in [-0.15, -0.1) is 0 Å². The molecule has 0 radical (unpaired) electrons. The van der Waals surface area contributed by atoms with Crippen molar-refractivity contribution >= 4 is 44.4 Å². The molecule has 0 atom stereocenters. The van der Waals surface area contributed by atoms with Crippen molar-refractivity contribution in [2.24, 2.45) is 0 Å². The molecule has 0 saturated carbocycles. The van der Waals surface area contributed by atoms with Crippen molar-refractivity contribution in [3.8, 4) is 0 Å². The molecule has 138 valence electrons. The minimum absolute atomic E-state index is 0.0496. The molecule has 0 amide bonds. The summed E-state index contributed by atoms with van der Waals surface area (Å²) in [5.41, 5.74) is -0.111. The van der Waals surface area contributed by atoms with Gasteiger partial charge in [0.05, 0.1) is 11.8 Å². The fourth-order valence-electron chi connectivity index (χ4n) is 2.32. The Hall–Kier alpha value is -3.21. The lowest BCUT2D eigenvalue weighted by Crippen LogP contribution is -2.24. The van der Waals surface area contributed by atoms with Gasteiger partial charge in [-0.05, 0) is 25.1 Å². The molecule has 0 aliphatic carbocycles. The molecule has 3 N–H and O–H groups in total. The Bertz CT molecular complexity index is 1020. The Morgan fingerprint density at radius 3 is 2.31 bits per heavy atom. The second kappa shape index (κ2) is 6.96. The van der Waals surface area contributed by atoms with Crippen LogP contribution in [-0.4, -0.2) is 53.8 Å². The number of rotatable bonds is 6. The molecule has 1 aromatic heterocycles. The summed E-state index contributed by atoms with van der Waals surface area (Å²) in [6, 6.07) is 4.57. The molecular weight excluding hydrogens is 364 g/mol. The van der Waals surface area contributed by atoms with Crippen LogP contribution >= 0.6 is 0 Å². The first-order valence-electron chi connectivity index (χ1n) is 7.15. The van der Waals surface area contributed by atoms with Gasteiger partial charge in [0.2, 0.25) is 10.0 Å². The molecule has 2 rings (SSSR count). The van der Waals surface area contributed by atoms with Crippen molar-refractivity contribution in [3.63, 3.8) is 0 Å². The molecule has 0 spiro atoms. The topological polar surface area (TPSA) is 150 Å². The van der Waals surface area contributed by atoms with Crippen LogP contribution in [0.25, 0.3) is 10.9 Å². The van der Waals surface area contributed by atoms with Gasteiger partial charge in [-0.3, -0.25) is 4.72 Å².